The van der Waals surface area contributed by atoms with E-state index in [-0.39, 0.29) is 5.91 Å². The van der Waals surface area contributed by atoms with Gasteiger partial charge < -0.3 is 5.32 Å². The van der Waals surface area contributed by atoms with E-state index in [0.717, 1.165) is 21.8 Å². The molecule has 0 spiro atoms. The lowest BCUT2D eigenvalue weighted by Crippen LogP contribution is -2.25. The summed E-state index contributed by atoms with van der Waals surface area (Å²) >= 11 is 1.59. The molecule has 1 amide bonds. The molecule has 0 saturated carbocycles. The Bertz CT molecular complexity index is 1010. The molecule has 0 aliphatic rings. The van der Waals surface area contributed by atoms with Crippen molar-refractivity contribution in [3.05, 3.63) is 71.8 Å². The zero-order valence-electron chi connectivity index (χ0n) is 13.3. The van der Waals surface area contributed by atoms with Crippen molar-refractivity contribution in [3.8, 4) is 10.6 Å². The van der Waals surface area contributed by atoms with Gasteiger partial charge in [0.2, 0.25) is 0 Å². The lowest BCUT2D eigenvalue weighted by Gasteiger charge is -2.04. The molecule has 0 atom stereocenters. The van der Waals surface area contributed by atoms with Gasteiger partial charge in [-0.3, -0.25) is 9.78 Å². The number of aromatic nitrogens is 4. The summed E-state index contributed by atoms with van der Waals surface area (Å²) in [4.78, 5) is 21.0. The third-order valence-corrected chi connectivity index (χ3v) is 4.73. The van der Waals surface area contributed by atoms with Crippen LogP contribution in [0.2, 0.25) is 0 Å². The molecule has 0 aliphatic carbocycles. The third kappa shape index (κ3) is 3.41. The standard InChI is InChI=1S/C18H15N5OS/c24-17(13-5-9-23-16(10-13)4-8-21-23)20-7-3-15-12-25-18(22-15)14-2-1-6-19-11-14/h1-2,4-6,8-12H,3,7H2,(H,20,24). The molecule has 0 aromatic carbocycles. The molecule has 25 heavy (non-hydrogen) atoms. The highest BCUT2D eigenvalue weighted by atomic mass is 32.1. The van der Waals surface area contributed by atoms with Crippen molar-refractivity contribution in [2.75, 3.05) is 6.54 Å². The van der Waals surface area contributed by atoms with Crippen LogP contribution in [0.4, 0.5) is 0 Å². The lowest BCUT2D eigenvalue weighted by molar-refractivity contribution is 0.0954. The molecule has 0 bridgehead atoms. The first-order chi connectivity index (χ1) is 12.3. The van der Waals surface area contributed by atoms with Crippen molar-refractivity contribution in [3.63, 3.8) is 0 Å². The monoisotopic (exact) mass is 349 g/mol. The predicted molar refractivity (Wildman–Crippen MR) is 96.6 cm³/mol. The number of amides is 1. The molecule has 124 valence electrons. The number of fused-ring (bicyclic) bond motifs is 1. The highest BCUT2D eigenvalue weighted by Gasteiger charge is 2.08. The topological polar surface area (TPSA) is 72.2 Å². The van der Waals surface area contributed by atoms with Gasteiger partial charge in [-0.1, -0.05) is 0 Å². The summed E-state index contributed by atoms with van der Waals surface area (Å²) in [6.45, 7) is 0.541. The molecule has 0 radical (unpaired) electrons. The Morgan fingerprint density at radius 1 is 1.24 bits per heavy atom. The van der Waals surface area contributed by atoms with Gasteiger partial charge in [-0.15, -0.1) is 11.3 Å². The molecule has 7 heteroatoms. The van der Waals surface area contributed by atoms with E-state index in [0.29, 0.717) is 18.5 Å². The van der Waals surface area contributed by atoms with Crippen LogP contribution in [0.3, 0.4) is 0 Å². The number of nitrogens with zero attached hydrogens (tertiary/aromatic N) is 4. The Balaban J connectivity index is 1.36. The van der Waals surface area contributed by atoms with Gasteiger partial charge in [0.1, 0.15) is 5.01 Å². The van der Waals surface area contributed by atoms with Crippen LogP contribution in [0.5, 0.6) is 0 Å². The average molecular weight is 349 g/mol. The lowest BCUT2D eigenvalue weighted by atomic mass is 10.2. The molecule has 4 rings (SSSR count). The maximum absolute atomic E-state index is 12.3. The maximum atomic E-state index is 12.3. The van der Waals surface area contributed by atoms with E-state index in [9.17, 15) is 4.79 Å². The third-order valence-electron chi connectivity index (χ3n) is 3.79. The van der Waals surface area contributed by atoms with Gasteiger partial charge in [0.25, 0.3) is 5.91 Å². The van der Waals surface area contributed by atoms with Gasteiger partial charge >= 0.3 is 0 Å². The number of hydrogen-bond acceptors (Lipinski definition) is 5. The zero-order valence-corrected chi connectivity index (χ0v) is 14.1. The molecule has 4 heterocycles. The number of pyridine rings is 2. The summed E-state index contributed by atoms with van der Waals surface area (Å²) in [5.41, 5.74) is 3.50. The molecule has 0 aliphatic heterocycles. The van der Waals surface area contributed by atoms with Crippen LogP contribution in [-0.2, 0) is 6.42 Å². The molecule has 0 unspecified atom stereocenters. The first kappa shape index (κ1) is 15.5. The Morgan fingerprint density at radius 3 is 3.08 bits per heavy atom. The fourth-order valence-corrected chi connectivity index (χ4v) is 3.36. The van der Waals surface area contributed by atoms with Gasteiger partial charge in [-0.2, -0.15) is 5.10 Å². The summed E-state index contributed by atoms with van der Waals surface area (Å²) in [7, 11) is 0. The SMILES string of the molecule is O=C(NCCc1csc(-c2cccnc2)n1)c1ccn2nccc2c1. The second-order valence-corrected chi connectivity index (χ2v) is 6.37. The molecule has 0 fully saturated rings. The zero-order chi connectivity index (χ0) is 17.1. The number of nitrogens with one attached hydrogen (secondary N) is 1. The van der Waals surface area contributed by atoms with Crippen molar-refractivity contribution in [2.45, 2.75) is 6.42 Å². The van der Waals surface area contributed by atoms with Crippen molar-refractivity contribution in [1.29, 1.82) is 0 Å². The van der Waals surface area contributed by atoms with Gasteiger partial charge in [-0.05, 0) is 30.3 Å². The average Bonchev–Trinajstić information content (AvgIpc) is 3.31. The normalized spacial score (nSPS) is 10.9. The largest absolute Gasteiger partial charge is 0.352 e. The van der Waals surface area contributed by atoms with E-state index in [1.165, 1.54) is 0 Å². The number of carbonyl (C=O) groups excluding carboxylic acids is 1. The van der Waals surface area contributed by atoms with E-state index in [1.807, 2.05) is 29.6 Å². The van der Waals surface area contributed by atoms with Crippen LogP contribution in [0, 0.1) is 0 Å². The van der Waals surface area contributed by atoms with Gasteiger partial charge in [0.15, 0.2) is 0 Å². The Labute approximate surface area is 148 Å². The molecule has 4 aromatic rings. The number of thiazole rings is 1. The van der Waals surface area contributed by atoms with E-state index in [1.54, 1.807) is 46.7 Å². The van der Waals surface area contributed by atoms with E-state index in [2.05, 4.69) is 20.4 Å². The minimum absolute atomic E-state index is 0.0913. The van der Waals surface area contributed by atoms with Crippen LogP contribution in [0.25, 0.3) is 16.1 Å². The van der Waals surface area contributed by atoms with Crippen LogP contribution < -0.4 is 5.32 Å². The Kier molecular flexibility index (Phi) is 4.22. The smallest absolute Gasteiger partial charge is 0.251 e. The highest BCUT2D eigenvalue weighted by molar-refractivity contribution is 7.13. The van der Waals surface area contributed by atoms with Gasteiger partial charge in [0, 0.05) is 54.3 Å². The molecule has 1 N–H and O–H groups in total. The van der Waals surface area contributed by atoms with Crippen LogP contribution in [-0.4, -0.2) is 32.0 Å². The first-order valence-corrected chi connectivity index (χ1v) is 8.74. The quantitative estimate of drug-likeness (QED) is 0.601. The first-order valence-electron chi connectivity index (χ1n) is 7.86. The minimum Gasteiger partial charge on any atom is -0.352 e. The van der Waals surface area contributed by atoms with Gasteiger partial charge in [0.05, 0.1) is 11.2 Å². The minimum atomic E-state index is -0.0913. The second kappa shape index (κ2) is 6.82. The van der Waals surface area contributed by atoms with E-state index >= 15 is 0 Å². The number of hydrogen-bond donors (Lipinski definition) is 1. The van der Waals surface area contributed by atoms with Crippen LogP contribution in [0.1, 0.15) is 16.1 Å². The molecular weight excluding hydrogens is 334 g/mol. The van der Waals surface area contributed by atoms with Crippen molar-refractivity contribution in [2.24, 2.45) is 0 Å². The van der Waals surface area contributed by atoms with Crippen LogP contribution >= 0.6 is 11.3 Å². The summed E-state index contributed by atoms with van der Waals surface area (Å²) in [6.07, 6.45) is 7.73. The summed E-state index contributed by atoms with van der Waals surface area (Å²) in [5.74, 6) is -0.0913. The summed E-state index contributed by atoms with van der Waals surface area (Å²) in [5, 5.41) is 10.0. The van der Waals surface area contributed by atoms with Crippen molar-refractivity contribution in [1.82, 2.24) is 24.9 Å². The number of carbonyl (C=O) groups is 1. The molecule has 0 saturated heterocycles. The summed E-state index contributed by atoms with van der Waals surface area (Å²) < 4.78 is 1.73. The van der Waals surface area contributed by atoms with E-state index in [4.69, 9.17) is 0 Å². The van der Waals surface area contributed by atoms with Gasteiger partial charge in [-0.25, -0.2) is 9.50 Å². The summed E-state index contributed by atoms with van der Waals surface area (Å²) in [6, 6.07) is 9.34. The highest BCUT2D eigenvalue weighted by Crippen LogP contribution is 2.22. The van der Waals surface area contributed by atoms with Crippen molar-refractivity contribution >= 4 is 22.8 Å². The number of rotatable bonds is 5. The fourth-order valence-electron chi connectivity index (χ4n) is 2.51. The van der Waals surface area contributed by atoms with E-state index < -0.39 is 0 Å². The predicted octanol–water partition coefficient (Wildman–Crippen LogP) is 2.83. The molecular formula is C18H15N5OS. The van der Waals surface area contributed by atoms with Crippen molar-refractivity contribution < 1.29 is 4.79 Å². The second-order valence-electron chi connectivity index (χ2n) is 5.51. The Hall–Kier alpha value is -3.06. The molecule has 6 nitrogen and oxygen atoms in total. The molecule has 4 aromatic heterocycles. The fraction of sp³-hybridized carbons (Fsp3) is 0.111. The Morgan fingerprint density at radius 2 is 2.20 bits per heavy atom. The maximum Gasteiger partial charge on any atom is 0.251 e. The van der Waals surface area contributed by atoms with Crippen LogP contribution in [0.15, 0.2) is 60.5 Å².